The van der Waals surface area contributed by atoms with Gasteiger partial charge in [0.1, 0.15) is 0 Å². The first-order valence-corrected chi connectivity index (χ1v) is 7.97. The number of carbonyl (C=O) groups excluding carboxylic acids is 1. The van der Waals surface area contributed by atoms with Crippen LogP contribution < -0.4 is 16.2 Å². The predicted octanol–water partition coefficient (Wildman–Crippen LogP) is -0.0553. The molecule has 1 aliphatic rings. The smallest absolute Gasteiger partial charge is 0.238 e. The van der Waals surface area contributed by atoms with Gasteiger partial charge in [-0.2, -0.15) is 0 Å². The number of rotatable bonds is 3. The molecule has 8 heteroatoms. The average molecular weight is 313 g/mol. The molecule has 0 aliphatic carbocycles. The van der Waals surface area contributed by atoms with Gasteiger partial charge in [0.25, 0.3) is 0 Å². The molecule has 0 saturated carbocycles. The third-order valence-corrected chi connectivity index (χ3v) is 4.73. The number of amides is 1. The van der Waals surface area contributed by atoms with Crippen LogP contribution >= 0.6 is 0 Å². The number of carbonyl (C=O) groups is 1. The van der Waals surface area contributed by atoms with Gasteiger partial charge in [-0.1, -0.05) is 6.07 Å². The lowest BCUT2D eigenvalue weighted by Crippen LogP contribution is -2.47. The third kappa shape index (κ3) is 3.08. The van der Waals surface area contributed by atoms with E-state index in [2.05, 4.69) is 5.32 Å². The third-order valence-electron chi connectivity index (χ3n) is 3.82. The highest BCUT2D eigenvalue weighted by atomic mass is 32.2. The topological polar surface area (TPSA) is 125 Å². The van der Waals surface area contributed by atoms with E-state index < -0.39 is 21.5 Å². The Hall–Kier alpha value is -1.48. The molecule has 2 atom stereocenters. The highest BCUT2D eigenvalue weighted by Gasteiger charge is 2.44. The van der Waals surface area contributed by atoms with Crippen molar-refractivity contribution in [1.29, 1.82) is 0 Å². The normalized spacial score (nSPS) is 25.8. The molecule has 1 amide bonds. The Morgan fingerprint density at radius 3 is 2.67 bits per heavy atom. The molecule has 1 aromatic rings. The van der Waals surface area contributed by atoms with E-state index in [1.165, 1.54) is 12.1 Å². The standard InChI is InChI=1S/C13H19N3O4S/c1-8-3-4-9(21(15,18)19)5-10(8)16-12(17)13(2)7-20-6-11(13)14/h3-5,11H,6-7,14H2,1-2H3,(H,16,17)(H2,15,18,19). The molecule has 2 rings (SSSR count). The maximum absolute atomic E-state index is 12.4. The monoisotopic (exact) mass is 313 g/mol. The van der Waals surface area contributed by atoms with Crippen molar-refractivity contribution in [2.75, 3.05) is 18.5 Å². The summed E-state index contributed by atoms with van der Waals surface area (Å²) in [7, 11) is -3.82. The molecule has 0 radical (unpaired) electrons. The summed E-state index contributed by atoms with van der Waals surface area (Å²) in [6.45, 7) is 4.03. The van der Waals surface area contributed by atoms with Crippen LogP contribution in [0, 0.1) is 12.3 Å². The summed E-state index contributed by atoms with van der Waals surface area (Å²) in [6, 6.07) is 3.92. The van der Waals surface area contributed by atoms with Crippen LogP contribution in [0.4, 0.5) is 5.69 Å². The lowest BCUT2D eigenvalue weighted by atomic mass is 9.84. The fraction of sp³-hybridized carbons (Fsp3) is 0.462. The molecule has 0 spiro atoms. The maximum Gasteiger partial charge on any atom is 0.238 e. The van der Waals surface area contributed by atoms with E-state index >= 15 is 0 Å². The van der Waals surface area contributed by atoms with Crippen LogP contribution in [0.3, 0.4) is 0 Å². The minimum atomic E-state index is -3.82. The average Bonchev–Trinajstić information content (AvgIpc) is 2.72. The summed E-state index contributed by atoms with van der Waals surface area (Å²) in [5.41, 5.74) is 6.18. The summed E-state index contributed by atoms with van der Waals surface area (Å²) in [6.07, 6.45) is 0. The summed E-state index contributed by atoms with van der Waals surface area (Å²) < 4.78 is 28.0. The fourth-order valence-electron chi connectivity index (χ4n) is 2.10. The number of primary sulfonamides is 1. The molecule has 116 valence electrons. The number of aryl methyl sites for hydroxylation is 1. The number of nitrogens with one attached hydrogen (secondary N) is 1. The van der Waals surface area contributed by atoms with Crippen molar-refractivity contribution >= 4 is 21.6 Å². The molecule has 0 bridgehead atoms. The van der Waals surface area contributed by atoms with Crippen LogP contribution in [-0.2, 0) is 19.6 Å². The van der Waals surface area contributed by atoms with Gasteiger partial charge in [-0.3, -0.25) is 4.79 Å². The van der Waals surface area contributed by atoms with E-state index in [4.69, 9.17) is 15.6 Å². The zero-order chi connectivity index (χ0) is 15.8. The Bertz CT molecular complexity index is 674. The highest BCUT2D eigenvalue weighted by molar-refractivity contribution is 7.89. The van der Waals surface area contributed by atoms with Crippen molar-refractivity contribution in [3.63, 3.8) is 0 Å². The van der Waals surface area contributed by atoms with Crippen LogP contribution in [-0.4, -0.2) is 33.6 Å². The molecule has 2 unspecified atom stereocenters. The SMILES string of the molecule is Cc1ccc(S(N)(=O)=O)cc1NC(=O)C1(C)COCC1N. The number of benzene rings is 1. The minimum absolute atomic E-state index is 0.0551. The first-order valence-electron chi connectivity index (χ1n) is 6.43. The van der Waals surface area contributed by atoms with Crippen molar-refractivity contribution in [1.82, 2.24) is 0 Å². The minimum Gasteiger partial charge on any atom is -0.379 e. The molecule has 7 nitrogen and oxygen atoms in total. The van der Waals surface area contributed by atoms with Gasteiger partial charge in [-0.15, -0.1) is 0 Å². The molecule has 1 heterocycles. The van der Waals surface area contributed by atoms with Gasteiger partial charge < -0.3 is 15.8 Å². The Balaban J connectivity index is 2.29. The van der Waals surface area contributed by atoms with Gasteiger partial charge in [0.05, 0.1) is 23.5 Å². The molecule has 21 heavy (non-hydrogen) atoms. The molecular weight excluding hydrogens is 294 g/mol. The lowest BCUT2D eigenvalue weighted by Gasteiger charge is -2.26. The molecule has 1 aromatic carbocycles. The molecule has 1 fully saturated rings. The second-order valence-corrected chi connectivity index (χ2v) is 7.08. The number of ether oxygens (including phenoxy) is 1. The quantitative estimate of drug-likeness (QED) is 0.721. The highest BCUT2D eigenvalue weighted by Crippen LogP contribution is 2.29. The van der Waals surface area contributed by atoms with Crippen LogP contribution in [0.15, 0.2) is 23.1 Å². The van der Waals surface area contributed by atoms with Gasteiger partial charge in [-0.05, 0) is 31.5 Å². The molecule has 0 aromatic heterocycles. The first-order chi connectivity index (χ1) is 9.64. The Kier molecular flexibility index (Phi) is 4.07. The van der Waals surface area contributed by atoms with Crippen molar-refractivity contribution in [3.8, 4) is 0 Å². The number of nitrogens with two attached hydrogens (primary N) is 2. The first kappa shape index (κ1) is 15.9. The Morgan fingerprint density at radius 2 is 2.14 bits per heavy atom. The van der Waals surface area contributed by atoms with Gasteiger partial charge >= 0.3 is 0 Å². The van der Waals surface area contributed by atoms with Crippen LogP contribution in [0.1, 0.15) is 12.5 Å². The van der Waals surface area contributed by atoms with E-state index in [0.29, 0.717) is 12.3 Å². The van der Waals surface area contributed by atoms with Crippen LogP contribution in [0.2, 0.25) is 0 Å². The second kappa shape index (κ2) is 5.38. The van der Waals surface area contributed by atoms with Gasteiger partial charge in [0.2, 0.25) is 15.9 Å². The number of anilines is 1. The van der Waals surface area contributed by atoms with Crippen molar-refractivity contribution in [2.24, 2.45) is 16.3 Å². The van der Waals surface area contributed by atoms with E-state index in [9.17, 15) is 13.2 Å². The number of hydrogen-bond acceptors (Lipinski definition) is 5. The van der Waals surface area contributed by atoms with E-state index in [1.807, 2.05) is 0 Å². The maximum atomic E-state index is 12.4. The summed E-state index contributed by atoms with van der Waals surface area (Å²) in [4.78, 5) is 12.4. The second-order valence-electron chi connectivity index (χ2n) is 5.51. The van der Waals surface area contributed by atoms with Crippen LogP contribution in [0.5, 0.6) is 0 Å². The summed E-state index contributed by atoms with van der Waals surface area (Å²) >= 11 is 0. The number of hydrogen-bond donors (Lipinski definition) is 3. The zero-order valence-corrected chi connectivity index (χ0v) is 12.7. The van der Waals surface area contributed by atoms with Crippen molar-refractivity contribution in [3.05, 3.63) is 23.8 Å². The van der Waals surface area contributed by atoms with Gasteiger partial charge in [0, 0.05) is 11.7 Å². The van der Waals surface area contributed by atoms with E-state index in [1.54, 1.807) is 19.9 Å². The van der Waals surface area contributed by atoms with Crippen molar-refractivity contribution in [2.45, 2.75) is 24.8 Å². The predicted molar refractivity (Wildman–Crippen MR) is 78.1 cm³/mol. The van der Waals surface area contributed by atoms with Gasteiger partial charge in [0.15, 0.2) is 0 Å². The molecule has 5 N–H and O–H groups in total. The fourth-order valence-corrected chi connectivity index (χ4v) is 2.64. The summed E-state index contributed by atoms with van der Waals surface area (Å²) in [5, 5.41) is 7.81. The van der Waals surface area contributed by atoms with E-state index in [-0.39, 0.29) is 17.4 Å². The zero-order valence-electron chi connectivity index (χ0n) is 11.9. The number of sulfonamides is 1. The molecule has 1 saturated heterocycles. The van der Waals surface area contributed by atoms with E-state index in [0.717, 1.165) is 5.56 Å². The Morgan fingerprint density at radius 1 is 1.48 bits per heavy atom. The summed E-state index contributed by atoms with van der Waals surface area (Å²) in [5.74, 6) is -0.304. The van der Waals surface area contributed by atoms with Crippen LogP contribution in [0.25, 0.3) is 0 Å². The molecular formula is C13H19N3O4S. The van der Waals surface area contributed by atoms with Crippen molar-refractivity contribution < 1.29 is 17.9 Å². The lowest BCUT2D eigenvalue weighted by molar-refractivity contribution is -0.125. The molecule has 1 aliphatic heterocycles. The largest absolute Gasteiger partial charge is 0.379 e. The van der Waals surface area contributed by atoms with Gasteiger partial charge in [-0.25, -0.2) is 13.6 Å². The Labute approximate surface area is 123 Å².